The number of anilines is 1. The van der Waals surface area contributed by atoms with Crippen LogP contribution in [0.4, 0.5) is 5.95 Å². The minimum Gasteiger partial charge on any atom is -0.476 e. The molecule has 148 valence electrons. The van der Waals surface area contributed by atoms with E-state index in [1.807, 2.05) is 6.92 Å². The summed E-state index contributed by atoms with van der Waals surface area (Å²) in [7, 11) is 1.74. The highest BCUT2D eigenvalue weighted by Crippen LogP contribution is 2.24. The van der Waals surface area contributed by atoms with Crippen molar-refractivity contribution >= 4 is 17.8 Å². The van der Waals surface area contributed by atoms with Gasteiger partial charge in [0.25, 0.3) is 5.91 Å². The van der Waals surface area contributed by atoms with Gasteiger partial charge in [-0.3, -0.25) is 9.48 Å². The number of carbonyl (C=O) groups is 2. The van der Waals surface area contributed by atoms with E-state index in [0.717, 1.165) is 31.6 Å². The molecule has 2 aliphatic heterocycles. The van der Waals surface area contributed by atoms with Crippen LogP contribution in [0.1, 0.15) is 57.1 Å². The van der Waals surface area contributed by atoms with Gasteiger partial charge in [0.05, 0.1) is 17.8 Å². The van der Waals surface area contributed by atoms with Gasteiger partial charge < -0.3 is 14.9 Å². The van der Waals surface area contributed by atoms with E-state index >= 15 is 0 Å². The van der Waals surface area contributed by atoms with Gasteiger partial charge in [0, 0.05) is 50.6 Å². The molecule has 0 aromatic carbocycles. The van der Waals surface area contributed by atoms with E-state index in [1.165, 1.54) is 6.42 Å². The molecule has 1 amide bonds. The number of aromatic carboxylic acids is 1. The number of amides is 1. The quantitative estimate of drug-likeness (QED) is 0.853. The van der Waals surface area contributed by atoms with Crippen molar-refractivity contribution in [1.29, 1.82) is 0 Å². The lowest BCUT2D eigenvalue weighted by atomic mass is 10.0. The standard InChI is InChI=1S/C19H24N6O3/c1-12-13(10-20-19(21-12)24-7-4-3-5-8-24)17(26)25-9-6-15-14(11-25)16(18(27)28)22-23(15)2/h10H,3-9,11H2,1-2H3,(H,27,28). The van der Waals surface area contributed by atoms with Crippen LogP contribution in [0.5, 0.6) is 0 Å². The fourth-order valence-electron chi connectivity index (χ4n) is 4.02. The molecule has 0 atom stereocenters. The third kappa shape index (κ3) is 3.21. The Morgan fingerprint density at radius 1 is 1.14 bits per heavy atom. The van der Waals surface area contributed by atoms with E-state index in [0.29, 0.717) is 35.7 Å². The normalized spacial score (nSPS) is 16.8. The van der Waals surface area contributed by atoms with E-state index in [9.17, 15) is 14.7 Å². The molecule has 1 fully saturated rings. The molecule has 9 nitrogen and oxygen atoms in total. The van der Waals surface area contributed by atoms with Gasteiger partial charge in [0.1, 0.15) is 0 Å². The van der Waals surface area contributed by atoms with Crippen LogP contribution in [-0.4, -0.2) is 61.3 Å². The topological polar surface area (TPSA) is 104 Å². The fourth-order valence-corrected chi connectivity index (χ4v) is 4.02. The molecule has 0 saturated carbocycles. The molecule has 0 radical (unpaired) electrons. The van der Waals surface area contributed by atoms with Gasteiger partial charge in [0.15, 0.2) is 5.69 Å². The molecule has 2 aromatic rings. The molecule has 28 heavy (non-hydrogen) atoms. The Hall–Kier alpha value is -2.97. The Bertz CT molecular complexity index is 932. The van der Waals surface area contributed by atoms with Crippen LogP contribution in [0.2, 0.25) is 0 Å². The Labute approximate surface area is 163 Å². The molecule has 2 aromatic heterocycles. The molecule has 4 heterocycles. The summed E-state index contributed by atoms with van der Waals surface area (Å²) in [6.07, 6.45) is 5.68. The number of piperidine rings is 1. The monoisotopic (exact) mass is 384 g/mol. The number of aryl methyl sites for hydroxylation is 2. The van der Waals surface area contributed by atoms with Crippen LogP contribution >= 0.6 is 0 Å². The zero-order valence-electron chi connectivity index (χ0n) is 16.2. The number of rotatable bonds is 3. The molecular formula is C19H24N6O3. The van der Waals surface area contributed by atoms with E-state index in [-0.39, 0.29) is 18.1 Å². The predicted octanol–water partition coefficient (Wildman–Crippen LogP) is 1.41. The van der Waals surface area contributed by atoms with Crippen LogP contribution < -0.4 is 4.90 Å². The summed E-state index contributed by atoms with van der Waals surface area (Å²) in [5.74, 6) is -0.569. The van der Waals surface area contributed by atoms with Gasteiger partial charge in [-0.15, -0.1) is 0 Å². The van der Waals surface area contributed by atoms with Gasteiger partial charge in [0.2, 0.25) is 5.95 Å². The largest absolute Gasteiger partial charge is 0.476 e. The lowest BCUT2D eigenvalue weighted by Crippen LogP contribution is -2.37. The summed E-state index contributed by atoms with van der Waals surface area (Å²) in [6, 6.07) is 0. The van der Waals surface area contributed by atoms with Crippen molar-refractivity contribution in [3.63, 3.8) is 0 Å². The maximum Gasteiger partial charge on any atom is 0.356 e. The predicted molar refractivity (Wildman–Crippen MR) is 101 cm³/mol. The van der Waals surface area contributed by atoms with E-state index in [1.54, 1.807) is 22.8 Å². The molecule has 0 bridgehead atoms. The second-order valence-electron chi connectivity index (χ2n) is 7.40. The first-order valence-electron chi connectivity index (χ1n) is 9.61. The average Bonchev–Trinajstić information content (AvgIpc) is 3.04. The zero-order valence-corrected chi connectivity index (χ0v) is 16.2. The molecule has 1 saturated heterocycles. The second kappa shape index (κ2) is 7.21. The number of carbonyl (C=O) groups excluding carboxylic acids is 1. The van der Waals surface area contributed by atoms with Crippen molar-refractivity contribution < 1.29 is 14.7 Å². The number of carboxylic acids is 1. The maximum atomic E-state index is 13.1. The molecule has 0 aliphatic carbocycles. The van der Waals surface area contributed by atoms with Crippen LogP contribution in [0.15, 0.2) is 6.20 Å². The first-order valence-corrected chi connectivity index (χ1v) is 9.61. The third-order valence-electron chi connectivity index (χ3n) is 5.57. The zero-order chi connectivity index (χ0) is 19.8. The van der Waals surface area contributed by atoms with Crippen molar-refractivity contribution in [2.24, 2.45) is 7.05 Å². The minimum atomic E-state index is -1.07. The summed E-state index contributed by atoms with van der Waals surface area (Å²) in [4.78, 5) is 37.3. The van der Waals surface area contributed by atoms with Gasteiger partial charge in [-0.1, -0.05) is 0 Å². The molecule has 0 unspecified atom stereocenters. The van der Waals surface area contributed by atoms with Gasteiger partial charge >= 0.3 is 5.97 Å². The Kier molecular flexibility index (Phi) is 4.74. The first-order chi connectivity index (χ1) is 13.5. The molecule has 2 aliphatic rings. The minimum absolute atomic E-state index is 0.0171. The Morgan fingerprint density at radius 2 is 1.89 bits per heavy atom. The van der Waals surface area contributed by atoms with Gasteiger partial charge in [-0.25, -0.2) is 14.8 Å². The number of aromatic nitrogens is 4. The Balaban J connectivity index is 1.56. The summed E-state index contributed by atoms with van der Waals surface area (Å²) < 4.78 is 1.60. The number of carboxylic acid groups (broad SMARTS) is 1. The maximum absolute atomic E-state index is 13.1. The van der Waals surface area contributed by atoms with E-state index in [2.05, 4.69) is 20.0 Å². The number of hydrogen-bond acceptors (Lipinski definition) is 6. The SMILES string of the molecule is Cc1nc(N2CCCCC2)ncc1C(=O)N1CCc2c(c(C(=O)O)nn2C)C1. The average molecular weight is 384 g/mol. The van der Waals surface area contributed by atoms with Crippen LogP contribution in [0.25, 0.3) is 0 Å². The van der Waals surface area contributed by atoms with Crippen molar-refractivity contribution in [1.82, 2.24) is 24.6 Å². The summed E-state index contributed by atoms with van der Waals surface area (Å²) in [5, 5.41) is 13.5. The molecule has 9 heteroatoms. The smallest absolute Gasteiger partial charge is 0.356 e. The van der Waals surface area contributed by atoms with Crippen molar-refractivity contribution in [2.75, 3.05) is 24.5 Å². The summed E-state index contributed by atoms with van der Waals surface area (Å²) in [6.45, 7) is 4.46. The van der Waals surface area contributed by atoms with Gasteiger partial charge in [-0.05, 0) is 26.2 Å². The first kappa shape index (κ1) is 18.4. The van der Waals surface area contributed by atoms with Crippen molar-refractivity contribution in [3.05, 3.63) is 34.4 Å². The van der Waals surface area contributed by atoms with Crippen LogP contribution in [0.3, 0.4) is 0 Å². The van der Waals surface area contributed by atoms with E-state index < -0.39 is 5.97 Å². The van der Waals surface area contributed by atoms with Crippen molar-refractivity contribution in [3.8, 4) is 0 Å². The van der Waals surface area contributed by atoms with Crippen LogP contribution in [0, 0.1) is 6.92 Å². The lowest BCUT2D eigenvalue weighted by molar-refractivity contribution is 0.0673. The molecular weight excluding hydrogens is 360 g/mol. The summed E-state index contributed by atoms with van der Waals surface area (Å²) >= 11 is 0. The lowest BCUT2D eigenvalue weighted by Gasteiger charge is -2.29. The molecule has 0 spiro atoms. The second-order valence-corrected chi connectivity index (χ2v) is 7.40. The molecule has 1 N–H and O–H groups in total. The summed E-state index contributed by atoms with van der Waals surface area (Å²) in [5.41, 5.74) is 2.61. The fraction of sp³-hybridized carbons (Fsp3) is 0.526. The van der Waals surface area contributed by atoms with Crippen LogP contribution in [-0.2, 0) is 20.0 Å². The van der Waals surface area contributed by atoms with E-state index in [4.69, 9.17) is 0 Å². The highest BCUT2D eigenvalue weighted by molar-refractivity contribution is 5.95. The number of hydrogen-bond donors (Lipinski definition) is 1. The highest BCUT2D eigenvalue weighted by Gasteiger charge is 2.30. The number of nitrogens with zero attached hydrogens (tertiary/aromatic N) is 6. The van der Waals surface area contributed by atoms with Crippen molar-refractivity contribution in [2.45, 2.75) is 39.2 Å². The third-order valence-corrected chi connectivity index (χ3v) is 5.57. The number of fused-ring (bicyclic) bond motifs is 1. The highest BCUT2D eigenvalue weighted by atomic mass is 16.4. The Morgan fingerprint density at radius 3 is 2.57 bits per heavy atom. The molecule has 4 rings (SSSR count). The van der Waals surface area contributed by atoms with Gasteiger partial charge in [-0.2, -0.15) is 5.10 Å².